The van der Waals surface area contributed by atoms with Gasteiger partial charge in [-0.3, -0.25) is 0 Å². The Labute approximate surface area is 65.5 Å². The van der Waals surface area contributed by atoms with Crippen molar-refractivity contribution in [2.24, 2.45) is 5.16 Å². The minimum Gasteiger partial charge on any atom is -0.410 e. The molecular formula is C9H9NO. The summed E-state index contributed by atoms with van der Waals surface area (Å²) in [5.41, 5.74) is 1.43. The Bertz CT molecular complexity index is 269. The highest BCUT2D eigenvalue weighted by atomic mass is 16.4. The van der Waals surface area contributed by atoms with Crippen molar-refractivity contribution in [2.75, 3.05) is 0 Å². The van der Waals surface area contributed by atoms with Crippen molar-refractivity contribution < 1.29 is 5.21 Å². The first-order valence-corrected chi connectivity index (χ1v) is 3.28. The van der Waals surface area contributed by atoms with Gasteiger partial charge in [-0.25, -0.2) is 0 Å². The van der Waals surface area contributed by atoms with Crippen LogP contribution in [0.2, 0.25) is 0 Å². The first-order chi connectivity index (χ1) is 5.38. The van der Waals surface area contributed by atoms with Crippen LogP contribution in [0.3, 0.4) is 0 Å². The lowest BCUT2D eigenvalue weighted by molar-refractivity contribution is 0.320. The molecule has 0 aromatic rings. The number of hydrogen-bond acceptors (Lipinski definition) is 2. The summed E-state index contributed by atoms with van der Waals surface area (Å²) >= 11 is 0. The van der Waals surface area contributed by atoms with Crippen LogP contribution in [0.4, 0.5) is 0 Å². The van der Waals surface area contributed by atoms with E-state index in [4.69, 9.17) is 5.21 Å². The largest absolute Gasteiger partial charge is 0.410 e. The molecule has 1 rings (SSSR count). The lowest BCUT2D eigenvalue weighted by atomic mass is 10.1. The Morgan fingerprint density at radius 1 is 1.36 bits per heavy atom. The second-order valence-corrected chi connectivity index (χ2v) is 2.06. The third-order valence-electron chi connectivity index (χ3n) is 1.34. The normalized spacial score (nSPS) is 22.9. The molecule has 0 fully saturated rings. The van der Waals surface area contributed by atoms with E-state index in [0.717, 1.165) is 5.57 Å². The molecule has 2 heteroatoms. The van der Waals surface area contributed by atoms with Gasteiger partial charge in [0.05, 0.1) is 0 Å². The minimum absolute atomic E-state index is 0.562. The minimum atomic E-state index is 0.562. The average Bonchev–Trinajstić information content (AvgIpc) is 2.06. The van der Waals surface area contributed by atoms with Crippen LogP contribution in [-0.4, -0.2) is 10.9 Å². The molecule has 0 spiro atoms. The maximum absolute atomic E-state index is 8.52. The van der Waals surface area contributed by atoms with Gasteiger partial charge in [-0.2, -0.15) is 0 Å². The Morgan fingerprint density at radius 2 is 2.09 bits per heavy atom. The molecule has 0 unspecified atom stereocenters. The molecule has 0 atom stereocenters. The second-order valence-electron chi connectivity index (χ2n) is 2.06. The molecule has 0 aliphatic heterocycles. The average molecular weight is 147 g/mol. The van der Waals surface area contributed by atoms with Crippen LogP contribution in [0.15, 0.2) is 53.8 Å². The van der Waals surface area contributed by atoms with E-state index < -0.39 is 0 Å². The summed E-state index contributed by atoms with van der Waals surface area (Å²) in [6, 6.07) is 0. The summed E-state index contributed by atoms with van der Waals surface area (Å²) in [6.07, 6.45) is 10.7. The van der Waals surface area contributed by atoms with Gasteiger partial charge in [0.2, 0.25) is 0 Å². The van der Waals surface area contributed by atoms with Gasteiger partial charge in [0.1, 0.15) is 5.71 Å². The van der Waals surface area contributed by atoms with E-state index in [2.05, 4.69) is 11.7 Å². The molecular weight excluding hydrogens is 138 g/mol. The standard InChI is InChI=1S/C9H9NO/c1-2-5-8-6-3-4-7-9(8)10-11/h2-7,11H,1H2/b8-5-,10-9+. The highest BCUT2D eigenvalue weighted by Gasteiger charge is 2.01. The fourth-order valence-electron chi connectivity index (χ4n) is 0.847. The van der Waals surface area contributed by atoms with Crippen molar-refractivity contribution >= 4 is 5.71 Å². The number of rotatable bonds is 1. The van der Waals surface area contributed by atoms with E-state index in [9.17, 15) is 0 Å². The summed E-state index contributed by atoms with van der Waals surface area (Å²) in [4.78, 5) is 0. The highest BCUT2D eigenvalue weighted by Crippen LogP contribution is 2.07. The molecule has 56 valence electrons. The molecule has 0 saturated heterocycles. The van der Waals surface area contributed by atoms with Crippen molar-refractivity contribution in [3.05, 3.63) is 48.6 Å². The topological polar surface area (TPSA) is 32.6 Å². The first kappa shape index (κ1) is 7.54. The van der Waals surface area contributed by atoms with Gasteiger partial charge in [0.25, 0.3) is 0 Å². The van der Waals surface area contributed by atoms with E-state index in [1.165, 1.54) is 0 Å². The molecule has 1 aliphatic carbocycles. The third kappa shape index (κ3) is 1.67. The van der Waals surface area contributed by atoms with Crippen molar-refractivity contribution in [2.45, 2.75) is 0 Å². The van der Waals surface area contributed by atoms with E-state index in [1.54, 1.807) is 18.2 Å². The van der Waals surface area contributed by atoms with Gasteiger partial charge >= 0.3 is 0 Å². The fraction of sp³-hybridized carbons (Fsp3) is 0. The zero-order chi connectivity index (χ0) is 8.10. The number of oxime groups is 1. The second kappa shape index (κ2) is 3.56. The highest BCUT2D eigenvalue weighted by molar-refractivity contribution is 6.11. The van der Waals surface area contributed by atoms with E-state index in [-0.39, 0.29) is 0 Å². The van der Waals surface area contributed by atoms with Gasteiger partial charge in [-0.1, -0.05) is 42.1 Å². The molecule has 0 bridgehead atoms. The lowest BCUT2D eigenvalue weighted by Crippen LogP contribution is -1.98. The third-order valence-corrected chi connectivity index (χ3v) is 1.34. The lowest BCUT2D eigenvalue weighted by Gasteiger charge is -2.01. The summed E-state index contributed by atoms with van der Waals surface area (Å²) < 4.78 is 0. The molecule has 0 amide bonds. The first-order valence-electron chi connectivity index (χ1n) is 3.28. The Morgan fingerprint density at radius 3 is 2.73 bits per heavy atom. The van der Waals surface area contributed by atoms with Crippen LogP contribution >= 0.6 is 0 Å². The Hall–Kier alpha value is -1.57. The van der Waals surface area contributed by atoms with Crippen LogP contribution in [-0.2, 0) is 0 Å². The van der Waals surface area contributed by atoms with Crippen LogP contribution in [0.25, 0.3) is 0 Å². The summed E-state index contributed by atoms with van der Waals surface area (Å²) in [5, 5.41) is 11.6. The quantitative estimate of drug-likeness (QED) is 0.447. The fourth-order valence-corrected chi connectivity index (χ4v) is 0.847. The Balaban J connectivity index is 2.97. The van der Waals surface area contributed by atoms with Gasteiger partial charge in [0, 0.05) is 5.57 Å². The van der Waals surface area contributed by atoms with Crippen molar-refractivity contribution in [1.29, 1.82) is 0 Å². The van der Waals surface area contributed by atoms with E-state index in [0.29, 0.717) is 5.71 Å². The van der Waals surface area contributed by atoms with Crippen molar-refractivity contribution in [3.63, 3.8) is 0 Å². The molecule has 11 heavy (non-hydrogen) atoms. The SMILES string of the molecule is C=C/C=C1/C=CC=C/C1=N\O. The van der Waals surface area contributed by atoms with Crippen LogP contribution in [0.5, 0.6) is 0 Å². The molecule has 1 N–H and O–H groups in total. The number of hydrogen-bond donors (Lipinski definition) is 1. The summed E-state index contributed by atoms with van der Waals surface area (Å²) in [6.45, 7) is 3.55. The Kier molecular flexibility index (Phi) is 2.44. The predicted molar refractivity (Wildman–Crippen MR) is 45.8 cm³/mol. The molecule has 0 radical (unpaired) electrons. The number of nitrogens with zero attached hydrogens (tertiary/aromatic N) is 1. The van der Waals surface area contributed by atoms with Gasteiger partial charge in [-0.05, 0) is 6.08 Å². The van der Waals surface area contributed by atoms with Gasteiger partial charge in [-0.15, -0.1) is 0 Å². The maximum Gasteiger partial charge on any atom is 0.109 e. The van der Waals surface area contributed by atoms with Crippen molar-refractivity contribution in [3.8, 4) is 0 Å². The summed E-state index contributed by atoms with van der Waals surface area (Å²) in [5.74, 6) is 0. The smallest absolute Gasteiger partial charge is 0.109 e. The van der Waals surface area contributed by atoms with Crippen molar-refractivity contribution in [1.82, 2.24) is 0 Å². The molecule has 0 heterocycles. The zero-order valence-electron chi connectivity index (χ0n) is 6.07. The monoisotopic (exact) mass is 147 g/mol. The number of allylic oxidation sites excluding steroid dienone is 7. The van der Waals surface area contributed by atoms with Crippen LogP contribution in [0.1, 0.15) is 0 Å². The zero-order valence-corrected chi connectivity index (χ0v) is 6.07. The molecule has 2 nitrogen and oxygen atoms in total. The molecule has 0 aromatic heterocycles. The van der Waals surface area contributed by atoms with Crippen LogP contribution in [0, 0.1) is 0 Å². The summed E-state index contributed by atoms with van der Waals surface area (Å²) in [7, 11) is 0. The molecule has 0 aromatic carbocycles. The van der Waals surface area contributed by atoms with Gasteiger partial charge < -0.3 is 5.21 Å². The molecule has 1 aliphatic rings. The van der Waals surface area contributed by atoms with Gasteiger partial charge in [0.15, 0.2) is 0 Å². The maximum atomic E-state index is 8.52. The predicted octanol–water partition coefficient (Wildman–Crippen LogP) is 2.05. The van der Waals surface area contributed by atoms with E-state index in [1.807, 2.05) is 18.2 Å². The molecule has 0 saturated carbocycles. The van der Waals surface area contributed by atoms with Crippen LogP contribution < -0.4 is 0 Å². The van der Waals surface area contributed by atoms with E-state index >= 15 is 0 Å².